The lowest BCUT2D eigenvalue weighted by Gasteiger charge is -2.14. The van der Waals surface area contributed by atoms with Crippen molar-refractivity contribution in [3.63, 3.8) is 0 Å². The minimum absolute atomic E-state index is 0.0203. The van der Waals surface area contributed by atoms with Gasteiger partial charge in [-0.1, -0.05) is 17.4 Å². The van der Waals surface area contributed by atoms with E-state index in [1.807, 2.05) is 30.5 Å². The van der Waals surface area contributed by atoms with Crippen molar-refractivity contribution < 1.29 is 0 Å². The molecule has 2 N–H and O–H groups in total. The van der Waals surface area contributed by atoms with Crippen LogP contribution in [0, 0.1) is 0 Å². The van der Waals surface area contributed by atoms with Crippen molar-refractivity contribution in [1.82, 2.24) is 24.7 Å². The predicted octanol–water partition coefficient (Wildman–Crippen LogP) is 3.14. The van der Waals surface area contributed by atoms with E-state index >= 15 is 0 Å². The molecule has 3 heterocycles. The molecule has 0 aliphatic heterocycles. The third-order valence-electron chi connectivity index (χ3n) is 3.76. The second-order valence-corrected chi connectivity index (χ2v) is 6.26. The first-order valence-corrected chi connectivity index (χ1v) is 8.01. The summed E-state index contributed by atoms with van der Waals surface area (Å²) in [6, 6.07) is 10.2. The van der Waals surface area contributed by atoms with Crippen LogP contribution in [0.5, 0.6) is 0 Å². The van der Waals surface area contributed by atoms with Crippen molar-refractivity contribution in [3.8, 4) is 11.4 Å². The van der Waals surface area contributed by atoms with Crippen LogP contribution in [0.2, 0.25) is 0 Å². The van der Waals surface area contributed by atoms with Crippen LogP contribution in [0.25, 0.3) is 22.3 Å². The van der Waals surface area contributed by atoms with Gasteiger partial charge in [-0.2, -0.15) is 0 Å². The lowest BCUT2D eigenvalue weighted by molar-refractivity contribution is 0.634. The first-order valence-electron chi connectivity index (χ1n) is 7.19. The molecule has 4 aromatic rings. The molecule has 0 spiro atoms. The average molecular weight is 322 g/mol. The number of nitrogens with two attached hydrogens (primary N) is 1. The SMILES string of the molecule is CC(c1nnc(N)s1)n1ccnc1-c1ccc2ncccc2c1. The fourth-order valence-electron chi connectivity index (χ4n) is 2.60. The quantitative estimate of drug-likeness (QED) is 0.626. The van der Waals surface area contributed by atoms with Crippen LogP contribution < -0.4 is 5.73 Å². The number of hydrogen-bond donors (Lipinski definition) is 1. The van der Waals surface area contributed by atoms with Gasteiger partial charge in [0, 0.05) is 29.5 Å². The lowest BCUT2D eigenvalue weighted by Crippen LogP contribution is -2.07. The molecule has 114 valence electrons. The molecule has 0 amide bonds. The standard InChI is InChI=1S/C16H14N6S/c1-10(15-20-21-16(17)23-15)22-8-7-19-14(22)12-4-5-13-11(9-12)3-2-6-18-13/h2-10H,1H3,(H2,17,21). The van der Waals surface area contributed by atoms with Crippen molar-refractivity contribution in [1.29, 1.82) is 0 Å². The van der Waals surface area contributed by atoms with Crippen LogP contribution >= 0.6 is 11.3 Å². The van der Waals surface area contributed by atoms with Gasteiger partial charge in [0.15, 0.2) is 0 Å². The van der Waals surface area contributed by atoms with E-state index in [-0.39, 0.29) is 6.04 Å². The second-order valence-electron chi connectivity index (χ2n) is 5.22. The largest absolute Gasteiger partial charge is 0.374 e. The number of aromatic nitrogens is 5. The van der Waals surface area contributed by atoms with Gasteiger partial charge in [0.25, 0.3) is 0 Å². The van der Waals surface area contributed by atoms with E-state index in [1.165, 1.54) is 11.3 Å². The van der Waals surface area contributed by atoms with E-state index in [2.05, 4.69) is 37.7 Å². The van der Waals surface area contributed by atoms with E-state index in [0.717, 1.165) is 27.3 Å². The van der Waals surface area contributed by atoms with Gasteiger partial charge in [-0.15, -0.1) is 10.2 Å². The highest BCUT2D eigenvalue weighted by molar-refractivity contribution is 7.15. The number of benzene rings is 1. The van der Waals surface area contributed by atoms with E-state index in [1.54, 1.807) is 12.4 Å². The maximum absolute atomic E-state index is 5.69. The summed E-state index contributed by atoms with van der Waals surface area (Å²) < 4.78 is 2.08. The summed E-state index contributed by atoms with van der Waals surface area (Å²) in [6.45, 7) is 2.06. The molecule has 0 fully saturated rings. The van der Waals surface area contributed by atoms with Gasteiger partial charge >= 0.3 is 0 Å². The zero-order valence-corrected chi connectivity index (χ0v) is 13.2. The highest BCUT2D eigenvalue weighted by Crippen LogP contribution is 2.29. The van der Waals surface area contributed by atoms with Crippen molar-refractivity contribution in [2.24, 2.45) is 0 Å². The fraction of sp³-hybridized carbons (Fsp3) is 0.125. The molecule has 0 radical (unpaired) electrons. The first-order chi connectivity index (χ1) is 11.2. The van der Waals surface area contributed by atoms with Gasteiger partial charge in [-0.3, -0.25) is 4.98 Å². The molecule has 1 atom stereocenters. The van der Waals surface area contributed by atoms with Crippen LogP contribution in [-0.2, 0) is 0 Å². The van der Waals surface area contributed by atoms with Crippen LogP contribution in [0.15, 0.2) is 48.9 Å². The summed E-state index contributed by atoms with van der Waals surface area (Å²) in [7, 11) is 0. The molecule has 1 unspecified atom stereocenters. The van der Waals surface area contributed by atoms with Crippen molar-refractivity contribution >= 4 is 27.4 Å². The molecule has 0 bridgehead atoms. The van der Waals surface area contributed by atoms with Gasteiger partial charge in [-0.05, 0) is 31.2 Å². The van der Waals surface area contributed by atoms with Crippen LogP contribution in [0.1, 0.15) is 18.0 Å². The van der Waals surface area contributed by atoms with Crippen molar-refractivity contribution in [3.05, 3.63) is 53.9 Å². The van der Waals surface area contributed by atoms with Crippen LogP contribution in [0.4, 0.5) is 5.13 Å². The molecule has 0 saturated carbocycles. The van der Waals surface area contributed by atoms with E-state index in [0.29, 0.717) is 5.13 Å². The molecule has 3 aromatic heterocycles. The van der Waals surface area contributed by atoms with Gasteiger partial charge in [0.05, 0.1) is 11.6 Å². The third kappa shape index (κ3) is 2.44. The van der Waals surface area contributed by atoms with Gasteiger partial charge < -0.3 is 10.3 Å². The van der Waals surface area contributed by atoms with Gasteiger partial charge in [0.1, 0.15) is 10.8 Å². The number of rotatable bonds is 3. The number of anilines is 1. The Labute approximate surface area is 136 Å². The normalized spacial score (nSPS) is 12.6. The lowest BCUT2D eigenvalue weighted by atomic mass is 10.1. The maximum Gasteiger partial charge on any atom is 0.203 e. The molecule has 23 heavy (non-hydrogen) atoms. The predicted molar refractivity (Wildman–Crippen MR) is 91.1 cm³/mol. The van der Waals surface area contributed by atoms with Gasteiger partial charge in [0.2, 0.25) is 5.13 Å². The molecule has 4 rings (SSSR count). The Balaban J connectivity index is 1.79. The maximum atomic E-state index is 5.69. The van der Waals surface area contributed by atoms with Gasteiger partial charge in [-0.25, -0.2) is 4.98 Å². The molecule has 7 heteroatoms. The Kier molecular flexibility index (Phi) is 3.27. The Morgan fingerprint density at radius 2 is 2.04 bits per heavy atom. The number of fused-ring (bicyclic) bond motifs is 1. The number of nitrogen functional groups attached to an aromatic ring is 1. The smallest absolute Gasteiger partial charge is 0.203 e. The summed E-state index contributed by atoms with van der Waals surface area (Å²) >= 11 is 1.40. The highest BCUT2D eigenvalue weighted by Gasteiger charge is 2.17. The average Bonchev–Trinajstić information content (AvgIpc) is 3.23. The Morgan fingerprint density at radius 1 is 1.13 bits per heavy atom. The summed E-state index contributed by atoms with van der Waals surface area (Å²) in [4.78, 5) is 8.87. The topological polar surface area (TPSA) is 82.5 Å². The summed E-state index contributed by atoms with van der Waals surface area (Å²) in [6.07, 6.45) is 5.54. The van der Waals surface area contributed by atoms with Crippen LogP contribution in [0.3, 0.4) is 0 Å². The molecule has 1 aromatic carbocycles. The van der Waals surface area contributed by atoms with E-state index < -0.39 is 0 Å². The number of hydrogen-bond acceptors (Lipinski definition) is 6. The third-order valence-corrected chi connectivity index (χ3v) is 4.68. The number of pyridine rings is 1. The second kappa shape index (κ2) is 5.44. The van der Waals surface area contributed by atoms with Crippen LogP contribution in [-0.4, -0.2) is 24.7 Å². The number of imidazole rings is 1. The Bertz CT molecular complexity index is 973. The van der Waals surface area contributed by atoms with Crippen molar-refractivity contribution in [2.45, 2.75) is 13.0 Å². The zero-order chi connectivity index (χ0) is 15.8. The molecular formula is C16H14N6S. The zero-order valence-electron chi connectivity index (χ0n) is 12.4. The summed E-state index contributed by atoms with van der Waals surface area (Å²) in [5.74, 6) is 0.886. The minimum atomic E-state index is 0.0203. The number of nitrogens with zero attached hydrogens (tertiary/aromatic N) is 5. The monoisotopic (exact) mass is 322 g/mol. The Hall–Kier alpha value is -2.80. The molecule has 0 aliphatic carbocycles. The fourth-order valence-corrected chi connectivity index (χ4v) is 3.26. The first kappa shape index (κ1) is 13.8. The van der Waals surface area contributed by atoms with E-state index in [9.17, 15) is 0 Å². The summed E-state index contributed by atoms with van der Waals surface area (Å²) in [5, 5.41) is 10.5. The Morgan fingerprint density at radius 3 is 2.87 bits per heavy atom. The van der Waals surface area contributed by atoms with Crippen molar-refractivity contribution in [2.75, 3.05) is 5.73 Å². The molecule has 0 saturated heterocycles. The molecule has 0 aliphatic rings. The van der Waals surface area contributed by atoms with E-state index in [4.69, 9.17) is 5.73 Å². The highest BCUT2D eigenvalue weighted by atomic mass is 32.1. The molecular weight excluding hydrogens is 308 g/mol. The minimum Gasteiger partial charge on any atom is -0.374 e. The molecule has 6 nitrogen and oxygen atoms in total. The summed E-state index contributed by atoms with van der Waals surface area (Å²) in [5.41, 5.74) is 7.71.